The molecule has 1 aromatic carbocycles. The molecule has 1 saturated heterocycles. The van der Waals surface area contributed by atoms with Crippen molar-refractivity contribution in [3.63, 3.8) is 0 Å². The van der Waals surface area contributed by atoms with Gasteiger partial charge >= 0.3 is 0 Å². The minimum absolute atomic E-state index is 0.182. The zero-order valence-corrected chi connectivity index (χ0v) is 11.1. The summed E-state index contributed by atoms with van der Waals surface area (Å²) in [5.74, 6) is 0.137. The number of piperidine rings is 1. The highest BCUT2D eigenvalue weighted by molar-refractivity contribution is 5.81. The van der Waals surface area contributed by atoms with Crippen LogP contribution in [0.25, 0.3) is 0 Å². The van der Waals surface area contributed by atoms with Gasteiger partial charge in [-0.15, -0.1) is 0 Å². The number of amides is 1. The monoisotopic (exact) mass is 260 g/mol. The molecule has 2 fully saturated rings. The highest BCUT2D eigenvalue weighted by atomic mass is 16.5. The Morgan fingerprint density at radius 3 is 2.79 bits per heavy atom. The molecule has 1 aliphatic carbocycles. The summed E-state index contributed by atoms with van der Waals surface area (Å²) >= 11 is 0. The van der Waals surface area contributed by atoms with Gasteiger partial charge in [-0.3, -0.25) is 14.9 Å². The third-order valence-electron chi connectivity index (χ3n) is 4.74. The number of nitrogens with zero attached hydrogens (tertiary/aromatic N) is 1. The van der Waals surface area contributed by atoms with Crippen LogP contribution >= 0.6 is 0 Å². The second kappa shape index (κ2) is 4.94. The van der Waals surface area contributed by atoms with Gasteiger partial charge in [0.05, 0.1) is 6.04 Å². The van der Waals surface area contributed by atoms with Gasteiger partial charge in [-0.05, 0) is 37.7 Å². The van der Waals surface area contributed by atoms with Crippen molar-refractivity contribution in [2.45, 2.75) is 44.3 Å². The maximum Gasteiger partial charge on any atom is 0.260 e. The molecule has 19 heavy (non-hydrogen) atoms. The molecule has 2 aliphatic rings. The molecule has 4 heteroatoms. The number of hydrogen-bond acceptors (Lipinski definition) is 3. The minimum Gasteiger partial charge on any atom is -0.289 e. The first-order valence-electron chi connectivity index (χ1n) is 6.98. The summed E-state index contributed by atoms with van der Waals surface area (Å²) in [6.07, 6.45) is 3.34. The van der Waals surface area contributed by atoms with E-state index in [1.807, 2.05) is 23.7 Å². The topological polar surface area (TPSA) is 52.6 Å². The van der Waals surface area contributed by atoms with Crippen molar-refractivity contribution < 1.29 is 10.0 Å². The van der Waals surface area contributed by atoms with Crippen molar-refractivity contribution in [3.8, 4) is 0 Å². The van der Waals surface area contributed by atoms with Gasteiger partial charge in [-0.25, -0.2) is 5.48 Å². The third kappa shape index (κ3) is 2.05. The number of hydroxylamine groups is 1. The summed E-state index contributed by atoms with van der Waals surface area (Å²) < 4.78 is 0. The van der Waals surface area contributed by atoms with E-state index in [-0.39, 0.29) is 18.0 Å². The van der Waals surface area contributed by atoms with Crippen LogP contribution in [0, 0.1) is 5.92 Å². The molecule has 2 bridgehead atoms. The first-order chi connectivity index (χ1) is 9.22. The summed E-state index contributed by atoms with van der Waals surface area (Å²) in [6, 6.07) is 10.8. The minimum atomic E-state index is -0.255. The number of benzene rings is 1. The SMILES string of the molecule is C[C@@H](c1ccccc1)N1[C@H]2CC[C@H](C2)[C@@H]1C(=O)NO. The van der Waals surface area contributed by atoms with E-state index in [1.54, 1.807) is 0 Å². The number of carbonyl (C=O) groups is 1. The van der Waals surface area contributed by atoms with Gasteiger partial charge in [0.2, 0.25) is 0 Å². The van der Waals surface area contributed by atoms with Crippen LogP contribution in [0.15, 0.2) is 30.3 Å². The molecule has 0 radical (unpaired) electrons. The molecule has 0 spiro atoms. The van der Waals surface area contributed by atoms with Gasteiger partial charge in [0.25, 0.3) is 5.91 Å². The Labute approximate surface area is 113 Å². The second-order valence-corrected chi connectivity index (χ2v) is 5.68. The largest absolute Gasteiger partial charge is 0.289 e. The van der Waals surface area contributed by atoms with Crippen LogP contribution in [-0.2, 0) is 4.79 Å². The molecular weight excluding hydrogens is 240 g/mol. The number of hydrogen-bond donors (Lipinski definition) is 2. The van der Waals surface area contributed by atoms with Crippen molar-refractivity contribution in [3.05, 3.63) is 35.9 Å². The van der Waals surface area contributed by atoms with Crippen LogP contribution in [0.2, 0.25) is 0 Å². The van der Waals surface area contributed by atoms with E-state index in [0.717, 1.165) is 19.3 Å². The Morgan fingerprint density at radius 2 is 2.11 bits per heavy atom. The number of nitrogens with one attached hydrogen (secondary N) is 1. The maximum absolute atomic E-state index is 11.9. The fraction of sp³-hybridized carbons (Fsp3) is 0.533. The molecule has 1 aliphatic heterocycles. The highest BCUT2D eigenvalue weighted by Crippen LogP contribution is 2.46. The lowest BCUT2D eigenvalue weighted by Crippen LogP contribution is -2.50. The Balaban J connectivity index is 1.87. The summed E-state index contributed by atoms with van der Waals surface area (Å²) in [6.45, 7) is 2.15. The quantitative estimate of drug-likeness (QED) is 0.646. The lowest BCUT2D eigenvalue weighted by molar-refractivity contribution is -0.137. The van der Waals surface area contributed by atoms with E-state index in [2.05, 4.69) is 24.0 Å². The zero-order valence-electron chi connectivity index (χ0n) is 11.1. The number of likely N-dealkylation sites (tertiary alicyclic amines) is 1. The molecule has 1 aromatic rings. The van der Waals surface area contributed by atoms with Crippen molar-refractivity contribution in [2.75, 3.05) is 0 Å². The van der Waals surface area contributed by atoms with Crippen molar-refractivity contribution in [1.29, 1.82) is 0 Å². The fourth-order valence-corrected chi connectivity index (χ4v) is 3.90. The molecule has 2 N–H and O–H groups in total. The molecule has 4 nitrogen and oxygen atoms in total. The summed E-state index contributed by atoms with van der Waals surface area (Å²) in [4.78, 5) is 14.2. The van der Waals surface area contributed by atoms with Gasteiger partial charge in [0.15, 0.2) is 0 Å². The van der Waals surface area contributed by atoms with Gasteiger partial charge in [-0.1, -0.05) is 30.3 Å². The van der Waals surface area contributed by atoms with Crippen LogP contribution in [0.5, 0.6) is 0 Å². The molecule has 0 unspecified atom stereocenters. The van der Waals surface area contributed by atoms with Crippen LogP contribution < -0.4 is 5.48 Å². The van der Waals surface area contributed by atoms with Crippen LogP contribution in [0.4, 0.5) is 0 Å². The highest BCUT2D eigenvalue weighted by Gasteiger charge is 2.50. The summed E-state index contributed by atoms with van der Waals surface area (Å²) in [5.41, 5.74) is 3.08. The average molecular weight is 260 g/mol. The molecule has 4 atom stereocenters. The van der Waals surface area contributed by atoms with E-state index in [9.17, 15) is 4.79 Å². The molecule has 1 saturated carbocycles. The predicted octanol–water partition coefficient (Wildman–Crippen LogP) is 2.11. The Bertz CT molecular complexity index is 462. The standard InChI is InChI=1S/C15H20N2O2/c1-10(11-5-3-2-4-6-11)17-13-8-7-12(9-13)14(17)15(18)16-19/h2-6,10,12-14,19H,7-9H2,1H3,(H,16,18)/t10-,12+,13-,14+/m0/s1. The van der Waals surface area contributed by atoms with Gasteiger partial charge in [0, 0.05) is 12.1 Å². The lowest BCUT2D eigenvalue weighted by Gasteiger charge is -2.38. The van der Waals surface area contributed by atoms with Gasteiger partial charge < -0.3 is 0 Å². The van der Waals surface area contributed by atoms with Crippen molar-refractivity contribution >= 4 is 5.91 Å². The van der Waals surface area contributed by atoms with E-state index in [4.69, 9.17) is 5.21 Å². The summed E-state index contributed by atoms with van der Waals surface area (Å²) in [5, 5.41) is 8.97. The molecule has 3 rings (SSSR count). The van der Waals surface area contributed by atoms with Gasteiger partial charge in [0.1, 0.15) is 0 Å². The molecule has 1 amide bonds. The zero-order chi connectivity index (χ0) is 13.4. The first kappa shape index (κ1) is 12.6. The van der Waals surface area contributed by atoms with Crippen molar-refractivity contribution in [2.24, 2.45) is 5.92 Å². The lowest BCUT2D eigenvalue weighted by atomic mass is 9.95. The number of rotatable bonds is 3. The van der Waals surface area contributed by atoms with Crippen LogP contribution in [-0.4, -0.2) is 28.1 Å². The van der Waals surface area contributed by atoms with Crippen LogP contribution in [0.3, 0.4) is 0 Å². The fourth-order valence-electron chi connectivity index (χ4n) is 3.90. The Morgan fingerprint density at radius 1 is 1.37 bits per heavy atom. The average Bonchev–Trinajstić information content (AvgIpc) is 3.07. The van der Waals surface area contributed by atoms with Crippen molar-refractivity contribution in [1.82, 2.24) is 10.4 Å². The third-order valence-corrected chi connectivity index (χ3v) is 4.74. The van der Waals surface area contributed by atoms with E-state index in [1.165, 1.54) is 5.56 Å². The van der Waals surface area contributed by atoms with Crippen LogP contribution in [0.1, 0.15) is 37.8 Å². The number of carbonyl (C=O) groups excluding carboxylic acids is 1. The Hall–Kier alpha value is -1.39. The van der Waals surface area contributed by atoms with E-state index in [0.29, 0.717) is 12.0 Å². The maximum atomic E-state index is 11.9. The van der Waals surface area contributed by atoms with E-state index < -0.39 is 0 Å². The Kier molecular flexibility index (Phi) is 3.29. The van der Waals surface area contributed by atoms with E-state index >= 15 is 0 Å². The molecule has 1 heterocycles. The molecule has 0 aromatic heterocycles. The smallest absolute Gasteiger partial charge is 0.260 e. The predicted molar refractivity (Wildman–Crippen MR) is 71.5 cm³/mol. The molecular formula is C15H20N2O2. The first-order valence-corrected chi connectivity index (χ1v) is 6.98. The molecule has 102 valence electrons. The summed E-state index contributed by atoms with van der Waals surface area (Å²) in [7, 11) is 0. The van der Waals surface area contributed by atoms with Gasteiger partial charge in [-0.2, -0.15) is 0 Å². The second-order valence-electron chi connectivity index (χ2n) is 5.68. The normalized spacial score (nSPS) is 31.4. The number of fused-ring (bicyclic) bond motifs is 2.